The molecular weight excluding hydrogens is 264 g/mol. The van der Waals surface area contributed by atoms with E-state index < -0.39 is 10.8 Å². The van der Waals surface area contributed by atoms with Gasteiger partial charge in [-0.15, -0.1) is 11.3 Å². The number of para-hydroxylation sites is 1. The molecule has 0 spiro atoms. The lowest BCUT2D eigenvalue weighted by molar-refractivity contribution is 0.507. The molecule has 0 fully saturated rings. The number of aromatic nitrogens is 1. The minimum absolute atomic E-state index is 0.195. The third-order valence-corrected chi connectivity index (χ3v) is 4.89. The summed E-state index contributed by atoms with van der Waals surface area (Å²) in [5.74, 6) is 0.676. The largest absolute Gasteiger partial charge is 0.305 e. The monoisotopic (exact) mass is 282 g/mol. The zero-order valence-electron chi connectivity index (χ0n) is 10.8. The molecule has 2 rings (SSSR count). The van der Waals surface area contributed by atoms with E-state index in [0.29, 0.717) is 5.75 Å². The van der Waals surface area contributed by atoms with Gasteiger partial charge in [0.15, 0.2) is 0 Å². The molecule has 0 radical (unpaired) electrons. The van der Waals surface area contributed by atoms with Crippen molar-refractivity contribution in [1.29, 1.82) is 0 Å². The van der Waals surface area contributed by atoms with Gasteiger partial charge in [-0.2, -0.15) is 0 Å². The van der Waals surface area contributed by atoms with E-state index in [2.05, 4.69) is 30.2 Å². The summed E-state index contributed by atoms with van der Waals surface area (Å²) in [5.41, 5.74) is 1.05. The average molecular weight is 282 g/mol. The molecule has 3 nitrogen and oxygen atoms in total. The molecular formula is C13H18N2OS2. The van der Waals surface area contributed by atoms with Crippen molar-refractivity contribution in [3.05, 3.63) is 29.3 Å². The van der Waals surface area contributed by atoms with Crippen LogP contribution in [0.15, 0.2) is 24.3 Å². The molecule has 1 N–H and O–H groups in total. The second kappa shape index (κ2) is 5.91. The fourth-order valence-corrected chi connectivity index (χ4v) is 3.75. The highest BCUT2D eigenvalue weighted by Crippen LogP contribution is 2.26. The molecule has 98 valence electrons. The summed E-state index contributed by atoms with van der Waals surface area (Å²) >= 11 is 1.72. The Morgan fingerprint density at radius 2 is 2.11 bits per heavy atom. The van der Waals surface area contributed by atoms with Crippen LogP contribution in [0.4, 0.5) is 0 Å². The van der Waals surface area contributed by atoms with Crippen LogP contribution < -0.4 is 5.32 Å². The van der Waals surface area contributed by atoms with Crippen molar-refractivity contribution in [2.45, 2.75) is 25.9 Å². The Morgan fingerprint density at radius 3 is 2.78 bits per heavy atom. The number of hydrogen-bond acceptors (Lipinski definition) is 4. The number of rotatable bonds is 5. The summed E-state index contributed by atoms with van der Waals surface area (Å²) < 4.78 is 12.4. The van der Waals surface area contributed by atoms with Crippen LogP contribution in [-0.4, -0.2) is 27.2 Å². The van der Waals surface area contributed by atoms with Crippen LogP contribution >= 0.6 is 11.3 Å². The van der Waals surface area contributed by atoms with Crippen LogP contribution in [-0.2, 0) is 10.8 Å². The van der Waals surface area contributed by atoms with Crippen molar-refractivity contribution in [1.82, 2.24) is 10.3 Å². The van der Waals surface area contributed by atoms with E-state index in [1.165, 1.54) is 4.70 Å². The van der Waals surface area contributed by atoms with Gasteiger partial charge in [-0.1, -0.05) is 12.1 Å². The van der Waals surface area contributed by atoms with Gasteiger partial charge in [0, 0.05) is 28.9 Å². The lowest BCUT2D eigenvalue weighted by Gasteiger charge is -2.17. The molecule has 3 atom stereocenters. The molecule has 18 heavy (non-hydrogen) atoms. The molecule has 2 aromatic rings. The first-order valence-electron chi connectivity index (χ1n) is 5.98. The zero-order chi connectivity index (χ0) is 13.1. The second-order valence-electron chi connectivity index (χ2n) is 4.55. The first-order valence-corrected chi connectivity index (χ1v) is 8.52. The van der Waals surface area contributed by atoms with Crippen molar-refractivity contribution in [3.8, 4) is 0 Å². The number of nitrogens with one attached hydrogen (secondary N) is 1. The fraction of sp³-hybridized carbons (Fsp3) is 0.462. The van der Waals surface area contributed by atoms with Crippen molar-refractivity contribution in [2.75, 3.05) is 12.0 Å². The molecule has 0 aliphatic heterocycles. The van der Waals surface area contributed by atoms with Gasteiger partial charge in [-0.25, -0.2) is 4.98 Å². The van der Waals surface area contributed by atoms with Gasteiger partial charge in [-0.3, -0.25) is 4.21 Å². The Morgan fingerprint density at radius 1 is 1.39 bits per heavy atom. The molecule has 0 amide bonds. The Hall–Kier alpha value is -0.780. The lowest BCUT2D eigenvalue weighted by atomic mass is 10.3. The van der Waals surface area contributed by atoms with Gasteiger partial charge in [0.2, 0.25) is 0 Å². The van der Waals surface area contributed by atoms with Crippen LogP contribution in [0, 0.1) is 0 Å². The number of fused-ring (bicyclic) bond motifs is 1. The van der Waals surface area contributed by atoms with E-state index in [-0.39, 0.29) is 12.1 Å². The summed E-state index contributed by atoms with van der Waals surface area (Å²) in [4.78, 5) is 4.63. The van der Waals surface area contributed by atoms with Crippen LogP contribution in [0.25, 0.3) is 10.2 Å². The quantitative estimate of drug-likeness (QED) is 0.917. The van der Waals surface area contributed by atoms with Gasteiger partial charge in [0.1, 0.15) is 5.01 Å². The van der Waals surface area contributed by atoms with Crippen molar-refractivity contribution >= 4 is 32.4 Å². The summed E-state index contributed by atoms with van der Waals surface area (Å²) in [6, 6.07) is 8.59. The van der Waals surface area contributed by atoms with E-state index >= 15 is 0 Å². The SMILES string of the molecule is CC(CS(C)=O)NC(C)c1nc2ccccc2s1. The maximum atomic E-state index is 11.2. The van der Waals surface area contributed by atoms with Gasteiger partial charge in [-0.05, 0) is 26.0 Å². The van der Waals surface area contributed by atoms with Crippen LogP contribution in [0.1, 0.15) is 24.9 Å². The molecule has 0 aliphatic carbocycles. The first kappa shape index (κ1) is 13.6. The molecule has 0 saturated carbocycles. The molecule has 3 unspecified atom stereocenters. The van der Waals surface area contributed by atoms with Crippen LogP contribution in [0.3, 0.4) is 0 Å². The standard InChI is InChI=1S/C13H18N2OS2/c1-9(8-18(3)16)14-10(2)13-15-11-6-4-5-7-12(11)17-13/h4-7,9-10,14H,8H2,1-3H3. The maximum absolute atomic E-state index is 11.2. The summed E-state index contributed by atoms with van der Waals surface area (Å²) in [6.45, 7) is 4.16. The molecule has 0 bridgehead atoms. The Kier molecular flexibility index (Phi) is 4.48. The van der Waals surface area contributed by atoms with Gasteiger partial charge in [0.05, 0.1) is 16.3 Å². The number of thiazole rings is 1. The summed E-state index contributed by atoms with van der Waals surface area (Å²) in [6.07, 6.45) is 1.74. The smallest absolute Gasteiger partial charge is 0.111 e. The van der Waals surface area contributed by atoms with E-state index in [4.69, 9.17) is 0 Å². The van der Waals surface area contributed by atoms with Gasteiger partial charge >= 0.3 is 0 Å². The molecule has 1 aromatic carbocycles. The first-order chi connectivity index (χ1) is 8.56. The highest BCUT2D eigenvalue weighted by Gasteiger charge is 2.14. The van der Waals surface area contributed by atoms with Crippen LogP contribution in [0.2, 0.25) is 0 Å². The molecule has 0 saturated heterocycles. The summed E-state index contributed by atoms with van der Waals surface area (Å²) in [7, 11) is -0.763. The third-order valence-electron chi connectivity index (χ3n) is 2.70. The Labute approximate surface area is 114 Å². The van der Waals surface area contributed by atoms with E-state index in [1.807, 2.05) is 18.2 Å². The predicted octanol–water partition coefficient (Wildman–Crippen LogP) is 2.71. The van der Waals surface area contributed by atoms with Crippen molar-refractivity contribution in [2.24, 2.45) is 0 Å². The molecule has 5 heteroatoms. The Balaban J connectivity index is 2.08. The van der Waals surface area contributed by atoms with Gasteiger partial charge in [0.25, 0.3) is 0 Å². The molecule has 1 heterocycles. The normalized spacial score (nSPS) is 16.6. The molecule has 1 aromatic heterocycles. The van der Waals surface area contributed by atoms with E-state index in [0.717, 1.165) is 10.5 Å². The number of nitrogens with zero attached hydrogens (tertiary/aromatic N) is 1. The predicted molar refractivity (Wildman–Crippen MR) is 79.6 cm³/mol. The van der Waals surface area contributed by atoms with Crippen LogP contribution in [0.5, 0.6) is 0 Å². The maximum Gasteiger partial charge on any atom is 0.111 e. The average Bonchev–Trinajstić information content (AvgIpc) is 2.71. The highest BCUT2D eigenvalue weighted by atomic mass is 32.2. The highest BCUT2D eigenvalue weighted by molar-refractivity contribution is 7.84. The number of benzene rings is 1. The van der Waals surface area contributed by atoms with Crippen molar-refractivity contribution < 1.29 is 4.21 Å². The second-order valence-corrected chi connectivity index (χ2v) is 7.09. The van der Waals surface area contributed by atoms with E-state index in [9.17, 15) is 4.21 Å². The van der Waals surface area contributed by atoms with Gasteiger partial charge < -0.3 is 5.32 Å². The minimum atomic E-state index is -0.763. The third kappa shape index (κ3) is 3.37. The zero-order valence-corrected chi connectivity index (χ0v) is 12.5. The number of hydrogen-bond donors (Lipinski definition) is 1. The lowest BCUT2D eigenvalue weighted by Crippen LogP contribution is -2.33. The summed E-state index contributed by atoms with van der Waals surface area (Å²) in [5, 5.41) is 4.53. The molecule has 0 aliphatic rings. The fourth-order valence-electron chi connectivity index (χ4n) is 1.97. The van der Waals surface area contributed by atoms with Crippen molar-refractivity contribution in [3.63, 3.8) is 0 Å². The Bertz CT molecular complexity index is 520. The van der Waals surface area contributed by atoms with E-state index in [1.54, 1.807) is 17.6 Å². The minimum Gasteiger partial charge on any atom is -0.305 e. The topological polar surface area (TPSA) is 42.0 Å².